The van der Waals surface area contributed by atoms with Crippen molar-refractivity contribution in [3.63, 3.8) is 0 Å². The number of methoxy groups -OCH3 is 1. The minimum Gasteiger partial charge on any atom is -0.467 e. The molecule has 7 nitrogen and oxygen atoms in total. The van der Waals surface area contributed by atoms with Crippen molar-refractivity contribution in [2.75, 3.05) is 33.4 Å². The maximum absolute atomic E-state index is 13.6. The van der Waals surface area contributed by atoms with Gasteiger partial charge >= 0.3 is 5.97 Å². The van der Waals surface area contributed by atoms with Crippen LogP contribution in [0, 0.1) is 5.92 Å². The van der Waals surface area contributed by atoms with Gasteiger partial charge in [-0.3, -0.25) is 9.59 Å². The summed E-state index contributed by atoms with van der Waals surface area (Å²) in [6.07, 6.45) is 0.423. The molecule has 0 aliphatic carbocycles. The molecule has 198 valence electrons. The third kappa shape index (κ3) is 5.72. The normalized spacial score (nSPS) is 22.0. The lowest BCUT2D eigenvalue weighted by atomic mass is 9.93. The molecule has 4 rings (SSSR count). The molecule has 2 aliphatic heterocycles. The Morgan fingerprint density at radius 1 is 0.892 bits per heavy atom. The second-order valence-electron chi connectivity index (χ2n) is 10.7. The van der Waals surface area contributed by atoms with Gasteiger partial charge in [-0.25, -0.2) is 4.79 Å². The number of rotatable bonds is 6. The van der Waals surface area contributed by atoms with E-state index in [-0.39, 0.29) is 23.8 Å². The van der Waals surface area contributed by atoms with Crippen molar-refractivity contribution in [1.82, 2.24) is 9.80 Å². The van der Waals surface area contributed by atoms with E-state index in [4.69, 9.17) is 9.47 Å². The summed E-state index contributed by atoms with van der Waals surface area (Å²) >= 11 is 0. The number of hydrogen-bond donors (Lipinski definition) is 0. The first-order valence-electron chi connectivity index (χ1n) is 13.2. The molecule has 0 N–H and O–H groups in total. The zero-order valence-corrected chi connectivity index (χ0v) is 22.5. The monoisotopic (exact) mass is 506 g/mol. The van der Waals surface area contributed by atoms with Crippen LogP contribution in [0.2, 0.25) is 0 Å². The highest BCUT2D eigenvalue weighted by molar-refractivity contribution is 5.97. The molecule has 2 amide bonds. The van der Waals surface area contributed by atoms with Crippen LogP contribution < -0.4 is 0 Å². The molecule has 0 aromatic heterocycles. The van der Waals surface area contributed by atoms with Gasteiger partial charge in [0.05, 0.1) is 26.4 Å². The Labute approximate surface area is 219 Å². The summed E-state index contributed by atoms with van der Waals surface area (Å²) in [6.45, 7) is 10.1. The van der Waals surface area contributed by atoms with Crippen molar-refractivity contribution in [1.29, 1.82) is 0 Å². The highest BCUT2D eigenvalue weighted by Crippen LogP contribution is 2.33. The van der Waals surface area contributed by atoms with Gasteiger partial charge in [-0.2, -0.15) is 0 Å². The van der Waals surface area contributed by atoms with Gasteiger partial charge in [0.15, 0.2) is 0 Å². The number of ether oxygens (including phenoxy) is 2. The van der Waals surface area contributed by atoms with Crippen molar-refractivity contribution >= 4 is 17.8 Å². The zero-order chi connectivity index (χ0) is 26.7. The molecule has 7 heteroatoms. The number of carbonyl (C=O) groups excluding carboxylic acids is 3. The van der Waals surface area contributed by atoms with Gasteiger partial charge in [0, 0.05) is 30.1 Å². The Bertz CT molecular complexity index is 1130. The molecule has 0 spiro atoms. The Morgan fingerprint density at radius 2 is 1.57 bits per heavy atom. The topological polar surface area (TPSA) is 76.2 Å². The maximum atomic E-state index is 13.6. The number of esters is 1. The summed E-state index contributed by atoms with van der Waals surface area (Å²) in [5, 5.41) is 0. The molecule has 3 unspecified atom stereocenters. The fourth-order valence-corrected chi connectivity index (χ4v) is 5.37. The van der Waals surface area contributed by atoms with Gasteiger partial charge < -0.3 is 19.3 Å². The van der Waals surface area contributed by atoms with Crippen molar-refractivity contribution in [3.8, 4) is 0 Å². The van der Waals surface area contributed by atoms with Crippen molar-refractivity contribution in [3.05, 3.63) is 70.8 Å². The van der Waals surface area contributed by atoms with Crippen LogP contribution in [0.25, 0.3) is 0 Å². The number of likely N-dealkylation sites (tertiary alicyclic amines) is 1. The van der Waals surface area contributed by atoms with Crippen LogP contribution in [0.3, 0.4) is 0 Å². The van der Waals surface area contributed by atoms with Gasteiger partial charge in [0.2, 0.25) is 0 Å². The van der Waals surface area contributed by atoms with E-state index >= 15 is 0 Å². The Balaban J connectivity index is 1.58. The smallest absolute Gasteiger partial charge is 0.328 e. The first-order valence-corrected chi connectivity index (χ1v) is 13.2. The lowest BCUT2D eigenvalue weighted by Gasteiger charge is -2.39. The summed E-state index contributed by atoms with van der Waals surface area (Å²) in [4.78, 5) is 43.4. The number of carbonyl (C=O) groups is 3. The van der Waals surface area contributed by atoms with Crippen LogP contribution in [0.1, 0.15) is 77.8 Å². The van der Waals surface area contributed by atoms with Gasteiger partial charge in [-0.15, -0.1) is 0 Å². The second kappa shape index (κ2) is 11.5. The molecule has 0 saturated carbocycles. The summed E-state index contributed by atoms with van der Waals surface area (Å²) in [7, 11) is 1.34. The largest absolute Gasteiger partial charge is 0.467 e. The average Bonchev–Trinajstić information content (AvgIpc) is 3.37. The second-order valence-corrected chi connectivity index (χ2v) is 10.7. The molecular formula is C30H38N2O5. The lowest BCUT2D eigenvalue weighted by molar-refractivity contribution is -0.145. The van der Waals surface area contributed by atoms with E-state index in [1.165, 1.54) is 7.11 Å². The minimum absolute atomic E-state index is 0.0422. The van der Waals surface area contributed by atoms with E-state index in [0.29, 0.717) is 55.7 Å². The Morgan fingerprint density at radius 3 is 2.22 bits per heavy atom. The van der Waals surface area contributed by atoms with Gasteiger partial charge in [0.25, 0.3) is 11.8 Å². The molecule has 0 radical (unpaired) electrons. The lowest BCUT2D eigenvalue weighted by Crippen LogP contribution is -2.52. The van der Waals surface area contributed by atoms with E-state index in [0.717, 1.165) is 11.1 Å². The Hall–Kier alpha value is -3.19. The first-order chi connectivity index (χ1) is 17.7. The molecule has 2 aliphatic rings. The van der Waals surface area contributed by atoms with Gasteiger partial charge in [0.1, 0.15) is 6.04 Å². The molecular weight excluding hydrogens is 468 g/mol. The molecule has 2 aromatic carbocycles. The predicted molar refractivity (Wildman–Crippen MR) is 142 cm³/mol. The zero-order valence-electron chi connectivity index (χ0n) is 22.5. The molecule has 37 heavy (non-hydrogen) atoms. The number of amides is 2. The molecule has 2 fully saturated rings. The highest BCUT2D eigenvalue weighted by Gasteiger charge is 2.46. The fourth-order valence-electron chi connectivity index (χ4n) is 5.37. The quantitative estimate of drug-likeness (QED) is 0.540. The molecule has 2 aromatic rings. The fraction of sp³-hybridized carbons (Fsp3) is 0.500. The predicted octanol–water partition coefficient (Wildman–Crippen LogP) is 4.48. The van der Waals surface area contributed by atoms with Gasteiger partial charge in [-0.05, 0) is 53.6 Å². The summed E-state index contributed by atoms with van der Waals surface area (Å²) < 4.78 is 10.9. The van der Waals surface area contributed by atoms with Crippen LogP contribution in [0.5, 0.6) is 0 Å². The van der Waals surface area contributed by atoms with Crippen molar-refractivity contribution < 1.29 is 23.9 Å². The number of benzene rings is 2. The van der Waals surface area contributed by atoms with Crippen LogP contribution >= 0.6 is 0 Å². The number of hydrogen-bond acceptors (Lipinski definition) is 5. The highest BCUT2D eigenvalue weighted by atomic mass is 16.5. The summed E-state index contributed by atoms with van der Waals surface area (Å²) in [5.74, 6) is -0.112. The first kappa shape index (κ1) is 26.9. The average molecular weight is 507 g/mol. The summed E-state index contributed by atoms with van der Waals surface area (Å²) in [5.41, 5.74) is 3.45. The summed E-state index contributed by atoms with van der Waals surface area (Å²) in [6, 6.07) is 14.4. The Kier molecular flexibility index (Phi) is 8.32. The van der Waals surface area contributed by atoms with Crippen molar-refractivity contribution in [2.24, 2.45) is 5.92 Å². The van der Waals surface area contributed by atoms with Crippen LogP contribution in [-0.4, -0.2) is 73.1 Å². The third-order valence-electron chi connectivity index (χ3n) is 7.66. The van der Waals surface area contributed by atoms with Crippen molar-refractivity contribution in [2.45, 2.75) is 58.0 Å². The van der Waals surface area contributed by atoms with Crippen LogP contribution in [0.15, 0.2) is 48.5 Å². The van der Waals surface area contributed by atoms with Crippen LogP contribution in [-0.2, 0) is 14.3 Å². The number of morpholine rings is 1. The van der Waals surface area contributed by atoms with E-state index in [1.807, 2.05) is 53.4 Å². The van der Waals surface area contributed by atoms with E-state index in [9.17, 15) is 14.4 Å². The molecule has 0 bridgehead atoms. The van der Waals surface area contributed by atoms with E-state index in [2.05, 4.69) is 27.7 Å². The molecule has 3 atom stereocenters. The van der Waals surface area contributed by atoms with E-state index < -0.39 is 12.0 Å². The van der Waals surface area contributed by atoms with E-state index in [1.54, 1.807) is 4.90 Å². The minimum atomic E-state index is -0.699. The molecule has 2 saturated heterocycles. The van der Waals surface area contributed by atoms with Gasteiger partial charge in [-0.1, -0.05) is 52.0 Å². The maximum Gasteiger partial charge on any atom is 0.328 e. The standard InChI is InChI=1S/C30H38N2O5/c1-19(2)21-9-11-22(12-10-21)28(33)32-17-25(16-26(32)30(35)36-5)27-18-37-14-13-31(27)29(34)24-8-6-7-23(15-24)20(3)4/h6-12,15,19-20,25-27H,13-14,16-18H2,1-5H3. The SMILES string of the molecule is COC(=O)C1CC(C2COCCN2C(=O)c2cccc(C(C)C)c2)CN1C(=O)c1ccc(C(C)C)cc1. The van der Waals surface area contributed by atoms with Crippen LogP contribution in [0.4, 0.5) is 0 Å². The molecule has 2 heterocycles. The number of nitrogens with zero attached hydrogens (tertiary/aromatic N) is 2. The third-order valence-corrected chi connectivity index (χ3v) is 7.66.